The summed E-state index contributed by atoms with van der Waals surface area (Å²) >= 11 is 0. The Morgan fingerprint density at radius 2 is 2.17 bits per heavy atom. The van der Waals surface area contributed by atoms with Crippen LogP contribution in [-0.2, 0) is 9.47 Å². The zero-order valence-corrected chi connectivity index (χ0v) is 12.1. The van der Waals surface area contributed by atoms with Crippen molar-refractivity contribution in [1.82, 2.24) is 19.7 Å². The Balaban J connectivity index is 2.16. The Morgan fingerprint density at radius 1 is 1.43 bits per heavy atom. The van der Waals surface area contributed by atoms with E-state index in [0.29, 0.717) is 0 Å². The molecule has 3 heterocycles. The second-order valence-electron chi connectivity index (χ2n) is 5.01. The van der Waals surface area contributed by atoms with E-state index in [4.69, 9.17) is 20.6 Å². The number of fused-ring (bicyclic) bond motifs is 1. The van der Waals surface area contributed by atoms with Crippen LogP contribution in [0.25, 0.3) is 11.0 Å². The van der Waals surface area contributed by atoms with Gasteiger partial charge in [0, 0.05) is 0 Å². The molecule has 0 aromatic carbocycles. The Hall–Kier alpha value is -2.34. The average molecular weight is 324 g/mol. The van der Waals surface area contributed by atoms with Crippen LogP contribution in [0.15, 0.2) is 6.33 Å². The minimum atomic E-state index is -1.34. The maximum absolute atomic E-state index is 10.1. The van der Waals surface area contributed by atoms with Gasteiger partial charge < -0.3 is 30.5 Å². The molecule has 124 valence electrons. The maximum atomic E-state index is 10.1. The standard InChI is InChI=1S/C12H16N6O5/c1-22-10(14)6-5-9(13)15-3-16-11(5)18(17-6)12-8(21)7(20)4(2-19)23-12/h3-4,7-8,12,14,19-21H,2H2,1H3,(H2,13,15,16)/t4-,7-,8-,12?/m1/s1. The Labute approximate surface area is 129 Å². The van der Waals surface area contributed by atoms with Gasteiger partial charge >= 0.3 is 0 Å². The molecule has 1 fully saturated rings. The molecule has 4 atom stereocenters. The van der Waals surface area contributed by atoms with Gasteiger partial charge in [-0.3, -0.25) is 5.41 Å². The molecule has 3 rings (SSSR count). The van der Waals surface area contributed by atoms with Crippen LogP contribution in [0.1, 0.15) is 11.9 Å². The first-order chi connectivity index (χ1) is 11.0. The van der Waals surface area contributed by atoms with Crippen LogP contribution >= 0.6 is 0 Å². The van der Waals surface area contributed by atoms with Crippen LogP contribution < -0.4 is 5.73 Å². The van der Waals surface area contributed by atoms with Gasteiger partial charge in [-0.05, 0) is 0 Å². The lowest BCUT2D eigenvalue weighted by Gasteiger charge is -2.15. The Morgan fingerprint density at radius 3 is 2.78 bits per heavy atom. The summed E-state index contributed by atoms with van der Waals surface area (Å²) in [5.41, 5.74) is 6.12. The number of aliphatic hydroxyl groups is 3. The third-order valence-corrected chi connectivity index (χ3v) is 3.70. The van der Waals surface area contributed by atoms with Crippen molar-refractivity contribution >= 4 is 22.7 Å². The van der Waals surface area contributed by atoms with Crippen molar-refractivity contribution < 1.29 is 24.8 Å². The molecule has 1 unspecified atom stereocenters. The van der Waals surface area contributed by atoms with Crippen LogP contribution in [0, 0.1) is 5.41 Å². The number of nitrogen functional groups attached to an aromatic ring is 1. The molecular weight excluding hydrogens is 308 g/mol. The van der Waals surface area contributed by atoms with Crippen molar-refractivity contribution in [2.45, 2.75) is 24.5 Å². The summed E-state index contributed by atoms with van der Waals surface area (Å²) in [6.45, 7) is -0.466. The normalized spacial score (nSPS) is 27.5. The lowest BCUT2D eigenvalue weighted by molar-refractivity contribution is -0.0567. The van der Waals surface area contributed by atoms with Crippen LogP contribution in [0.3, 0.4) is 0 Å². The number of aliphatic hydroxyl groups excluding tert-OH is 3. The fourth-order valence-corrected chi connectivity index (χ4v) is 2.51. The molecule has 0 bridgehead atoms. The first-order valence-corrected chi connectivity index (χ1v) is 6.73. The molecule has 2 aromatic rings. The van der Waals surface area contributed by atoms with E-state index in [-0.39, 0.29) is 28.4 Å². The third kappa shape index (κ3) is 2.30. The maximum Gasteiger partial charge on any atom is 0.234 e. The van der Waals surface area contributed by atoms with Gasteiger partial charge in [-0.1, -0.05) is 0 Å². The summed E-state index contributed by atoms with van der Waals surface area (Å²) in [6.07, 6.45) is -3.47. The Bertz CT molecular complexity index is 749. The zero-order chi connectivity index (χ0) is 16.7. The average Bonchev–Trinajstić information content (AvgIpc) is 3.07. The van der Waals surface area contributed by atoms with Gasteiger partial charge in [0.05, 0.1) is 19.1 Å². The number of nitrogens with zero attached hydrogens (tertiary/aromatic N) is 4. The van der Waals surface area contributed by atoms with Gasteiger partial charge in [-0.2, -0.15) is 5.10 Å². The topological polar surface area (TPSA) is 173 Å². The molecule has 0 amide bonds. The van der Waals surface area contributed by atoms with Gasteiger partial charge in [-0.15, -0.1) is 0 Å². The first kappa shape index (κ1) is 15.6. The molecule has 0 radical (unpaired) electrons. The van der Waals surface area contributed by atoms with Gasteiger partial charge in [-0.25, -0.2) is 14.6 Å². The van der Waals surface area contributed by atoms with Crippen molar-refractivity contribution in [1.29, 1.82) is 5.41 Å². The first-order valence-electron chi connectivity index (χ1n) is 6.73. The van der Waals surface area contributed by atoms with Crippen LogP contribution in [-0.4, -0.2) is 73.0 Å². The monoisotopic (exact) mass is 324 g/mol. The summed E-state index contributed by atoms with van der Waals surface area (Å²) in [5.74, 6) is -0.174. The summed E-state index contributed by atoms with van der Waals surface area (Å²) < 4.78 is 11.5. The van der Waals surface area contributed by atoms with E-state index in [0.717, 1.165) is 0 Å². The predicted molar refractivity (Wildman–Crippen MR) is 76.6 cm³/mol. The summed E-state index contributed by atoms with van der Waals surface area (Å²) in [6, 6.07) is 0. The molecule has 1 saturated heterocycles. The number of hydrogen-bond donors (Lipinski definition) is 5. The molecule has 1 aliphatic rings. The number of nitrogens with two attached hydrogens (primary N) is 1. The van der Waals surface area contributed by atoms with E-state index < -0.39 is 31.1 Å². The van der Waals surface area contributed by atoms with Crippen molar-refractivity contribution in [2.24, 2.45) is 0 Å². The minimum absolute atomic E-state index is 0.0818. The minimum Gasteiger partial charge on any atom is -0.480 e. The highest BCUT2D eigenvalue weighted by atomic mass is 16.6. The molecule has 2 aromatic heterocycles. The number of aromatic nitrogens is 4. The number of methoxy groups -OCH3 is 1. The van der Waals surface area contributed by atoms with E-state index in [2.05, 4.69) is 15.1 Å². The van der Waals surface area contributed by atoms with Crippen molar-refractivity contribution in [3.8, 4) is 0 Å². The zero-order valence-electron chi connectivity index (χ0n) is 12.1. The largest absolute Gasteiger partial charge is 0.480 e. The van der Waals surface area contributed by atoms with E-state index in [1.54, 1.807) is 0 Å². The number of ether oxygens (including phenoxy) is 2. The molecule has 23 heavy (non-hydrogen) atoms. The molecule has 6 N–H and O–H groups in total. The highest BCUT2D eigenvalue weighted by molar-refractivity contribution is 6.06. The van der Waals surface area contributed by atoms with Gasteiger partial charge in [0.2, 0.25) is 5.90 Å². The number of hydrogen-bond acceptors (Lipinski definition) is 10. The van der Waals surface area contributed by atoms with Crippen molar-refractivity contribution in [3.05, 3.63) is 12.0 Å². The molecule has 1 aliphatic heterocycles. The van der Waals surface area contributed by atoms with Crippen LogP contribution in [0.4, 0.5) is 5.82 Å². The molecular formula is C12H16N6O5. The SMILES string of the molecule is COC(=N)c1nn(C2O[C@H](CO)[C@@H](O)[C@H]2O)c2ncnc(N)c12. The van der Waals surface area contributed by atoms with E-state index in [1.807, 2.05) is 0 Å². The lowest BCUT2D eigenvalue weighted by Crippen LogP contribution is -2.33. The number of nitrogens with one attached hydrogen (secondary N) is 1. The van der Waals surface area contributed by atoms with Crippen LogP contribution in [0.5, 0.6) is 0 Å². The fourth-order valence-electron chi connectivity index (χ4n) is 2.51. The molecule has 0 spiro atoms. The van der Waals surface area contributed by atoms with Gasteiger partial charge in [0.15, 0.2) is 17.6 Å². The van der Waals surface area contributed by atoms with E-state index in [1.165, 1.54) is 18.1 Å². The highest BCUT2D eigenvalue weighted by Gasteiger charge is 2.45. The second kappa shape index (κ2) is 5.70. The van der Waals surface area contributed by atoms with E-state index in [9.17, 15) is 15.3 Å². The quantitative estimate of drug-likeness (QED) is 0.316. The van der Waals surface area contributed by atoms with Gasteiger partial charge in [0.25, 0.3) is 0 Å². The molecule has 0 saturated carbocycles. The summed E-state index contributed by atoms with van der Waals surface area (Å²) in [4.78, 5) is 7.91. The summed E-state index contributed by atoms with van der Waals surface area (Å²) in [5, 5.41) is 41.4. The van der Waals surface area contributed by atoms with Crippen molar-refractivity contribution in [2.75, 3.05) is 19.5 Å². The molecule has 0 aliphatic carbocycles. The molecule has 11 heteroatoms. The second-order valence-corrected chi connectivity index (χ2v) is 5.01. The smallest absolute Gasteiger partial charge is 0.234 e. The van der Waals surface area contributed by atoms with Gasteiger partial charge in [0.1, 0.15) is 30.5 Å². The van der Waals surface area contributed by atoms with Crippen LogP contribution in [0.2, 0.25) is 0 Å². The highest BCUT2D eigenvalue weighted by Crippen LogP contribution is 2.32. The lowest BCUT2D eigenvalue weighted by atomic mass is 10.1. The third-order valence-electron chi connectivity index (χ3n) is 3.70. The Kier molecular flexibility index (Phi) is 3.85. The van der Waals surface area contributed by atoms with E-state index >= 15 is 0 Å². The molecule has 11 nitrogen and oxygen atoms in total. The summed E-state index contributed by atoms with van der Waals surface area (Å²) in [7, 11) is 1.31. The number of anilines is 1. The fraction of sp³-hybridized carbons (Fsp3) is 0.500. The van der Waals surface area contributed by atoms with Crippen molar-refractivity contribution in [3.63, 3.8) is 0 Å². The number of rotatable bonds is 3. The predicted octanol–water partition coefficient (Wildman–Crippen LogP) is -2.01.